The van der Waals surface area contributed by atoms with Gasteiger partial charge in [-0.25, -0.2) is 0 Å². The second kappa shape index (κ2) is 9.39. The van der Waals surface area contributed by atoms with Crippen molar-refractivity contribution >= 4 is 11.3 Å². The van der Waals surface area contributed by atoms with Gasteiger partial charge in [-0.3, -0.25) is 9.80 Å². The summed E-state index contributed by atoms with van der Waals surface area (Å²) in [6.45, 7) is 7.67. The van der Waals surface area contributed by atoms with Gasteiger partial charge in [0.25, 0.3) is 5.89 Å². The molecule has 0 radical (unpaired) electrons. The highest BCUT2D eigenvalue weighted by atomic mass is 32.1. The van der Waals surface area contributed by atoms with Crippen LogP contribution in [0.3, 0.4) is 0 Å². The molecular weight excluding hydrogens is 388 g/mol. The Morgan fingerprint density at radius 2 is 1.83 bits per heavy atom. The Hall–Kier alpha value is -2.42. The maximum absolute atomic E-state index is 5.90. The number of thiophene rings is 1. The molecule has 2 aromatic heterocycles. The predicted octanol–water partition coefficient (Wildman–Crippen LogP) is 3.56. The zero-order valence-electron chi connectivity index (χ0n) is 16.8. The molecule has 7 nitrogen and oxygen atoms in total. The minimum Gasteiger partial charge on any atom is -0.497 e. The Morgan fingerprint density at radius 3 is 2.52 bits per heavy atom. The van der Waals surface area contributed by atoms with E-state index in [9.17, 15) is 0 Å². The first-order valence-corrected chi connectivity index (χ1v) is 10.7. The molecule has 1 unspecified atom stereocenters. The normalized spacial score (nSPS) is 16.6. The molecule has 0 bridgehead atoms. The fourth-order valence-corrected chi connectivity index (χ4v) is 4.04. The number of methoxy groups -OCH3 is 1. The van der Waals surface area contributed by atoms with Gasteiger partial charge in [0.1, 0.15) is 18.1 Å². The summed E-state index contributed by atoms with van der Waals surface area (Å²) in [7, 11) is 1.66. The van der Waals surface area contributed by atoms with Crippen molar-refractivity contribution in [3.05, 3.63) is 47.7 Å². The topological polar surface area (TPSA) is 63.9 Å². The highest BCUT2D eigenvalue weighted by molar-refractivity contribution is 7.13. The Morgan fingerprint density at radius 1 is 1.07 bits per heavy atom. The van der Waals surface area contributed by atoms with Crippen LogP contribution >= 0.6 is 11.3 Å². The number of nitrogens with zero attached hydrogens (tertiary/aromatic N) is 4. The van der Waals surface area contributed by atoms with E-state index < -0.39 is 0 Å². The lowest BCUT2D eigenvalue weighted by atomic mass is 10.2. The van der Waals surface area contributed by atoms with Crippen molar-refractivity contribution in [2.75, 3.05) is 46.4 Å². The second-order valence-electron chi connectivity index (χ2n) is 7.00. The molecule has 1 fully saturated rings. The highest BCUT2D eigenvalue weighted by Crippen LogP contribution is 2.27. The van der Waals surface area contributed by atoms with Gasteiger partial charge < -0.3 is 13.9 Å². The number of ether oxygens (including phenoxy) is 2. The van der Waals surface area contributed by atoms with Crippen molar-refractivity contribution in [3.8, 4) is 22.3 Å². The third-order valence-electron chi connectivity index (χ3n) is 5.22. The van der Waals surface area contributed by atoms with Gasteiger partial charge in [-0.05, 0) is 42.6 Å². The van der Waals surface area contributed by atoms with Crippen LogP contribution in [0.4, 0.5) is 0 Å². The molecule has 4 rings (SSSR count). The van der Waals surface area contributed by atoms with E-state index in [-0.39, 0.29) is 6.04 Å². The summed E-state index contributed by atoms with van der Waals surface area (Å²) in [6, 6.07) is 11.8. The van der Waals surface area contributed by atoms with Gasteiger partial charge in [0, 0.05) is 32.7 Å². The van der Waals surface area contributed by atoms with Gasteiger partial charge in [-0.1, -0.05) is 6.07 Å². The number of hydrogen-bond donors (Lipinski definition) is 0. The molecule has 1 aliphatic rings. The fraction of sp³-hybridized carbons (Fsp3) is 0.429. The van der Waals surface area contributed by atoms with Gasteiger partial charge in [0.15, 0.2) is 0 Å². The number of aromatic nitrogens is 2. The van der Waals surface area contributed by atoms with Crippen LogP contribution in [-0.4, -0.2) is 66.4 Å². The van der Waals surface area contributed by atoms with E-state index in [4.69, 9.17) is 13.9 Å². The molecule has 0 aliphatic carbocycles. The van der Waals surface area contributed by atoms with E-state index in [1.54, 1.807) is 18.4 Å². The summed E-state index contributed by atoms with van der Waals surface area (Å²) in [4.78, 5) is 5.84. The molecule has 3 aromatic rings. The second-order valence-corrected chi connectivity index (χ2v) is 7.95. The van der Waals surface area contributed by atoms with Crippen LogP contribution in [0, 0.1) is 0 Å². The minimum atomic E-state index is 0.119. The molecule has 8 heteroatoms. The smallest absolute Gasteiger partial charge is 0.257 e. The number of hydrogen-bond acceptors (Lipinski definition) is 8. The van der Waals surface area contributed by atoms with Crippen LogP contribution in [0.1, 0.15) is 18.9 Å². The summed E-state index contributed by atoms with van der Waals surface area (Å²) in [5.74, 6) is 3.00. The van der Waals surface area contributed by atoms with E-state index >= 15 is 0 Å². The number of piperazine rings is 1. The lowest BCUT2D eigenvalue weighted by Crippen LogP contribution is -2.48. The third kappa shape index (κ3) is 4.95. The number of benzene rings is 1. The summed E-state index contributed by atoms with van der Waals surface area (Å²) in [5.41, 5.74) is 0. The minimum absolute atomic E-state index is 0.119. The van der Waals surface area contributed by atoms with E-state index in [1.165, 1.54) is 0 Å². The van der Waals surface area contributed by atoms with Crippen LogP contribution < -0.4 is 9.47 Å². The van der Waals surface area contributed by atoms with E-state index in [0.29, 0.717) is 18.4 Å². The molecule has 1 atom stereocenters. The van der Waals surface area contributed by atoms with Crippen LogP contribution in [-0.2, 0) is 0 Å². The molecule has 154 valence electrons. The summed E-state index contributed by atoms with van der Waals surface area (Å²) < 4.78 is 16.9. The van der Waals surface area contributed by atoms with Crippen molar-refractivity contribution in [1.29, 1.82) is 0 Å². The predicted molar refractivity (Wildman–Crippen MR) is 113 cm³/mol. The van der Waals surface area contributed by atoms with E-state index in [2.05, 4.69) is 26.9 Å². The molecule has 0 spiro atoms. The van der Waals surface area contributed by atoms with Crippen molar-refractivity contribution in [3.63, 3.8) is 0 Å². The zero-order valence-corrected chi connectivity index (χ0v) is 17.6. The first-order valence-electron chi connectivity index (χ1n) is 9.83. The first kappa shape index (κ1) is 19.9. The Kier molecular flexibility index (Phi) is 6.43. The van der Waals surface area contributed by atoms with Crippen molar-refractivity contribution < 1.29 is 13.9 Å². The molecule has 0 N–H and O–H groups in total. The maximum atomic E-state index is 5.90. The van der Waals surface area contributed by atoms with Gasteiger partial charge in [0.05, 0.1) is 18.0 Å². The Bertz CT molecular complexity index is 874. The van der Waals surface area contributed by atoms with Gasteiger partial charge >= 0.3 is 0 Å². The lowest BCUT2D eigenvalue weighted by Gasteiger charge is -2.36. The fourth-order valence-electron chi connectivity index (χ4n) is 3.40. The molecule has 0 amide bonds. The molecule has 1 saturated heterocycles. The van der Waals surface area contributed by atoms with E-state index in [1.807, 2.05) is 41.8 Å². The standard InChI is InChI=1S/C21H26N4O3S/c1-16(20-22-23-21(28-20)19-4-3-15-29-19)25-11-9-24(10-12-25)13-14-27-18-7-5-17(26-2)6-8-18/h3-8,15-16H,9-14H2,1-2H3. The molecule has 3 heterocycles. The SMILES string of the molecule is COc1ccc(OCCN2CCN(C(C)c3nnc(-c4cccs4)o3)CC2)cc1. The average molecular weight is 415 g/mol. The van der Waals surface area contributed by atoms with Crippen LogP contribution in [0.15, 0.2) is 46.2 Å². The Balaban J connectivity index is 1.21. The van der Waals surface area contributed by atoms with Gasteiger partial charge in [-0.15, -0.1) is 21.5 Å². The molecule has 1 aliphatic heterocycles. The van der Waals surface area contributed by atoms with Crippen LogP contribution in [0.5, 0.6) is 11.5 Å². The van der Waals surface area contributed by atoms with E-state index in [0.717, 1.165) is 49.1 Å². The van der Waals surface area contributed by atoms with Crippen LogP contribution in [0.2, 0.25) is 0 Å². The lowest BCUT2D eigenvalue weighted by molar-refractivity contribution is 0.0827. The third-order valence-corrected chi connectivity index (χ3v) is 6.08. The number of rotatable bonds is 8. The summed E-state index contributed by atoms with van der Waals surface area (Å²) in [6.07, 6.45) is 0. The largest absolute Gasteiger partial charge is 0.497 e. The monoisotopic (exact) mass is 414 g/mol. The van der Waals surface area contributed by atoms with Crippen molar-refractivity contribution in [2.45, 2.75) is 13.0 Å². The summed E-state index contributed by atoms with van der Waals surface area (Å²) in [5, 5.41) is 10.5. The summed E-state index contributed by atoms with van der Waals surface area (Å²) >= 11 is 1.61. The highest BCUT2D eigenvalue weighted by Gasteiger charge is 2.25. The zero-order chi connectivity index (χ0) is 20.1. The first-order chi connectivity index (χ1) is 14.2. The quantitative estimate of drug-likeness (QED) is 0.558. The molecular formula is C21H26N4O3S. The van der Waals surface area contributed by atoms with Crippen LogP contribution in [0.25, 0.3) is 10.8 Å². The molecule has 29 heavy (non-hydrogen) atoms. The maximum Gasteiger partial charge on any atom is 0.257 e. The molecule has 1 aromatic carbocycles. The van der Waals surface area contributed by atoms with Gasteiger partial charge in [-0.2, -0.15) is 0 Å². The average Bonchev–Trinajstić information content (AvgIpc) is 3.46. The van der Waals surface area contributed by atoms with Crippen molar-refractivity contribution in [2.24, 2.45) is 0 Å². The molecule has 0 saturated carbocycles. The Labute approximate surface area is 174 Å². The van der Waals surface area contributed by atoms with Gasteiger partial charge in [0.2, 0.25) is 5.89 Å². The van der Waals surface area contributed by atoms with Crippen molar-refractivity contribution in [1.82, 2.24) is 20.0 Å².